The summed E-state index contributed by atoms with van der Waals surface area (Å²) in [7, 11) is 0. The highest BCUT2D eigenvalue weighted by Gasteiger charge is 2.31. The molecule has 0 unspecified atom stereocenters. The number of fused-ring (bicyclic) bond motifs is 1. The Labute approximate surface area is 108 Å². The quantitative estimate of drug-likeness (QED) is 0.488. The molecular weight excluding hydrogens is 230 g/mol. The van der Waals surface area contributed by atoms with E-state index in [9.17, 15) is 9.59 Å². The van der Waals surface area contributed by atoms with Gasteiger partial charge in [-0.15, -0.1) is 0 Å². The van der Waals surface area contributed by atoms with E-state index in [0.717, 1.165) is 25.8 Å². The molecule has 0 bridgehead atoms. The molecule has 18 heavy (non-hydrogen) atoms. The minimum Gasteiger partial charge on any atom is -0.463 e. The highest BCUT2D eigenvalue weighted by atomic mass is 16.5. The summed E-state index contributed by atoms with van der Waals surface area (Å²) in [5.74, 6) is 0.0586. The van der Waals surface area contributed by atoms with Gasteiger partial charge in [-0.05, 0) is 25.7 Å². The van der Waals surface area contributed by atoms with Crippen LogP contribution in [0.25, 0.3) is 0 Å². The molecule has 0 aromatic carbocycles. The maximum Gasteiger partial charge on any atom is 0.306 e. The van der Waals surface area contributed by atoms with Crippen LogP contribution in [0.15, 0.2) is 12.2 Å². The molecule has 0 aromatic heterocycles. The molecule has 0 radical (unpaired) electrons. The fourth-order valence-electron chi connectivity index (χ4n) is 2.56. The number of amides is 1. The van der Waals surface area contributed by atoms with Gasteiger partial charge < -0.3 is 9.64 Å². The molecule has 1 saturated heterocycles. The Bertz CT molecular complexity index is 351. The third-order valence-corrected chi connectivity index (χ3v) is 3.69. The van der Waals surface area contributed by atoms with E-state index in [-0.39, 0.29) is 23.8 Å². The van der Waals surface area contributed by atoms with Crippen molar-refractivity contribution in [2.24, 2.45) is 5.92 Å². The first-order valence-corrected chi connectivity index (χ1v) is 6.79. The van der Waals surface area contributed by atoms with Crippen molar-refractivity contribution in [3.63, 3.8) is 0 Å². The summed E-state index contributed by atoms with van der Waals surface area (Å²) >= 11 is 0. The molecule has 0 aromatic rings. The molecule has 1 amide bonds. The Kier molecular flexibility index (Phi) is 4.39. The predicted octanol–water partition coefficient (Wildman–Crippen LogP) is 1.90. The van der Waals surface area contributed by atoms with E-state index in [2.05, 4.69) is 0 Å². The van der Waals surface area contributed by atoms with Crippen molar-refractivity contribution in [1.82, 2.24) is 4.90 Å². The van der Waals surface area contributed by atoms with E-state index >= 15 is 0 Å². The fraction of sp³-hybridized carbons (Fsp3) is 0.714. The number of ether oxygens (including phenoxy) is 1. The van der Waals surface area contributed by atoms with E-state index in [1.54, 1.807) is 0 Å². The SMILES string of the molecule is C[C@@H]1CC=CCCC(=O)OC[C@H]2CCCN2C1=O. The molecule has 2 atom stereocenters. The molecular formula is C14H21NO3. The van der Waals surface area contributed by atoms with Crippen LogP contribution in [0.3, 0.4) is 0 Å². The largest absolute Gasteiger partial charge is 0.463 e. The minimum atomic E-state index is -0.160. The van der Waals surface area contributed by atoms with Crippen molar-refractivity contribution in [1.29, 1.82) is 0 Å². The molecule has 0 spiro atoms. The smallest absolute Gasteiger partial charge is 0.306 e. The topological polar surface area (TPSA) is 46.6 Å². The maximum absolute atomic E-state index is 12.3. The predicted molar refractivity (Wildman–Crippen MR) is 67.8 cm³/mol. The lowest BCUT2D eigenvalue weighted by molar-refractivity contribution is -0.148. The van der Waals surface area contributed by atoms with Crippen molar-refractivity contribution in [3.05, 3.63) is 12.2 Å². The maximum atomic E-state index is 12.3. The van der Waals surface area contributed by atoms with Crippen LogP contribution < -0.4 is 0 Å². The zero-order valence-electron chi connectivity index (χ0n) is 10.9. The van der Waals surface area contributed by atoms with Gasteiger partial charge >= 0.3 is 5.97 Å². The van der Waals surface area contributed by atoms with Gasteiger partial charge in [0.15, 0.2) is 0 Å². The van der Waals surface area contributed by atoms with Gasteiger partial charge in [0.05, 0.1) is 6.04 Å². The Balaban J connectivity index is 2.08. The van der Waals surface area contributed by atoms with Gasteiger partial charge in [-0.2, -0.15) is 0 Å². The first-order valence-electron chi connectivity index (χ1n) is 6.79. The average molecular weight is 251 g/mol. The van der Waals surface area contributed by atoms with E-state index in [1.165, 1.54) is 0 Å². The summed E-state index contributed by atoms with van der Waals surface area (Å²) in [4.78, 5) is 25.6. The van der Waals surface area contributed by atoms with Gasteiger partial charge in [-0.25, -0.2) is 0 Å². The summed E-state index contributed by atoms with van der Waals surface area (Å²) in [5, 5.41) is 0. The van der Waals surface area contributed by atoms with Crippen LogP contribution in [-0.4, -0.2) is 36.0 Å². The number of nitrogens with zero attached hydrogens (tertiary/aromatic N) is 1. The molecule has 2 rings (SSSR count). The van der Waals surface area contributed by atoms with E-state index in [0.29, 0.717) is 19.4 Å². The van der Waals surface area contributed by atoms with Gasteiger partial charge in [-0.3, -0.25) is 9.59 Å². The summed E-state index contributed by atoms with van der Waals surface area (Å²) in [6, 6.07) is 0.0901. The second-order valence-electron chi connectivity index (χ2n) is 5.16. The Hall–Kier alpha value is -1.32. The second-order valence-corrected chi connectivity index (χ2v) is 5.16. The lowest BCUT2D eigenvalue weighted by atomic mass is 10.0. The van der Waals surface area contributed by atoms with Crippen LogP contribution >= 0.6 is 0 Å². The first kappa shape index (κ1) is 13.1. The summed E-state index contributed by atoms with van der Waals surface area (Å²) in [5.41, 5.74) is 0. The van der Waals surface area contributed by atoms with Crippen molar-refractivity contribution in [3.8, 4) is 0 Å². The van der Waals surface area contributed by atoms with Gasteiger partial charge in [0.25, 0.3) is 0 Å². The number of rotatable bonds is 0. The third-order valence-electron chi connectivity index (χ3n) is 3.69. The van der Waals surface area contributed by atoms with Crippen molar-refractivity contribution in [2.75, 3.05) is 13.2 Å². The van der Waals surface area contributed by atoms with Gasteiger partial charge in [0, 0.05) is 18.9 Å². The van der Waals surface area contributed by atoms with Crippen molar-refractivity contribution < 1.29 is 14.3 Å². The Morgan fingerprint density at radius 1 is 1.33 bits per heavy atom. The van der Waals surface area contributed by atoms with E-state index in [1.807, 2.05) is 24.0 Å². The molecule has 4 nitrogen and oxygen atoms in total. The number of cyclic esters (lactones) is 1. The van der Waals surface area contributed by atoms with E-state index < -0.39 is 0 Å². The normalized spacial score (nSPS) is 30.4. The number of hydrogen-bond acceptors (Lipinski definition) is 3. The molecule has 4 heteroatoms. The number of hydrogen-bond donors (Lipinski definition) is 0. The molecule has 2 heterocycles. The summed E-state index contributed by atoms with van der Waals surface area (Å²) in [6.45, 7) is 3.13. The molecule has 2 aliphatic rings. The van der Waals surface area contributed by atoms with E-state index in [4.69, 9.17) is 4.74 Å². The average Bonchev–Trinajstić information content (AvgIpc) is 2.81. The number of allylic oxidation sites excluding steroid dienone is 2. The number of carbonyl (C=O) groups is 2. The van der Waals surface area contributed by atoms with Crippen LogP contribution in [0.5, 0.6) is 0 Å². The van der Waals surface area contributed by atoms with Crippen LogP contribution in [0.4, 0.5) is 0 Å². The number of esters is 1. The molecule has 100 valence electrons. The summed E-state index contributed by atoms with van der Waals surface area (Å²) < 4.78 is 5.25. The molecule has 1 fully saturated rings. The Morgan fingerprint density at radius 2 is 2.17 bits per heavy atom. The molecule has 0 N–H and O–H groups in total. The zero-order chi connectivity index (χ0) is 13.0. The van der Waals surface area contributed by atoms with Crippen LogP contribution in [0.2, 0.25) is 0 Å². The molecule has 0 saturated carbocycles. The summed E-state index contributed by atoms with van der Waals surface area (Å²) in [6.07, 6.45) is 7.82. The van der Waals surface area contributed by atoms with Crippen molar-refractivity contribution >= 4 is 11.9 Å². The highest BCUT2D eigenvalue weighted by Crippen LogP contribution is 2.22. The lowest BCUT2D eigenvalue weighted by Crippen LogP contribution is -2.41. The van der Waals surface area contributed by atoms with Gasteiger partial charge in [0.2, 0.25) is 5.91 Å². The van der Waals surface area contributed by atoms with Gasteiger partial charge in [0.1, 0.15) is 6.61 Å². The highest BCUT2D eigenvalue weighted by molar-refractivity contribution is 5.79. The molecule has 0 aliphatic carbocycles. The Morgan fingerprint density at radius 3 is 3.00 bits per heavy atom. The third kappa shape index (κ3) is 3.12. The van der Waals surface area contributed by atoms with Crippen LogP contribution in [0.1, 0.15) is 39.0 Å². The lowest BCUT2D eigenvalue weighted by Gasteiger charge is -2.27. The first-order chi connectivity index (χ1) is 8.68. The zero-order valence-corrected chi connectivity index (χ0v) is 10.9. The van der Waals surface area contributed by atoms with Crippen molar-refractivity contribution in [2.45, 2.75) is 45.1 Å². The molecule has 2 aliphatic heterocycles. The second kappa shape index (κ2) is 6.03. The fourth-order valence-corrected chi connectivity index (χ4v) is 2.56. The monoisotopic (exact) mass is 251 g/mol. The van der Waals surface area contributed by atoms with Crippen LogP contribution in [0, 0.1) is 5.92 Å². The standard InChI is InChI=1S/C14H21NO3/c1-11-6-3-2-4-8-13(16)18-10-12-7-5-9-15(12)14(11)17/h2-3,11-12H,4-10H2,1H3/t11-,12-/m1/s1. The minimum absolute atomic E-state index is 0.0250. The number of carbonyl (C=O) groups excluding carboxylic acids is 2. The van der Waals surface area contributed by atoms with Gasteiger partial charge in [-0.1, -0.05) is 19.1 Å². The van der Waals surface area contributed by atoms with Crippen LogP contribution in [-0.2, 0) is 14.3 Å².